The first-order valence-electron chi connectivity index (χ1n) is 6.74. The molecule has 1 amide bonds. The topological polar surface area (TPSA) is 81.4 Å². The Morgan fingerprint density at radius 3 is 2.91 bits per heavy atom. The van der Waals surface area contributed by atoms with E-state index in [1.165, 1.54) is 11.3 Å². The van der Waals surface area contributed by atoms with Crippen LogP contribution >= 0.6 is 11.3 Å². The van der Waals surface area contributed by atoms with Gasteiger partial charge in [0.15, 0.2) is 0 Å². The summed E-state index contributed by atoms with van der Waals surface area (Å²) in [5.74, 6) is 0.442. The van der Waals surface area contributed by atoms with Crippen molar-refractivity contribution in [1.29, 1.82) is 0 Å². The standard InChI is InChI=1S/C14H15N5O2S/c1-8(2)12(20)16-10-6-9(4-5-11(10)21-3)13-18-19-7-15-17-14(19)22-13/h4-8H,1-3H3,(H,16,20). The van der Waals surface area contributed by atoms with Crippen LogP contribution in [0.25, 0.3) is 15.5 Å². The number of carbonyl (C=O) groups is 1. The van der Waals surface area contributed by atoms with Crippen LogP contribution in [0.3, 0.4) is 0 Å². The second kappa shape index (κ2) is 5.72. The molecular weight excluding hydrogens is 302 g/mol. The maximum absolute atomic E-state index is 11.9. The Balaban J connectivity index is 1.98. The van der Waals surface area contributed by atoms with Crippen LogP contribution in [-0.4, -0.2) is 32.8 Å². The molecule has 1 N–H and O–H groups in total. The molecule has 0 spiro atoms. The van der Waals surface area contributed by atoms with Crippen molar-refractivity contribution in [3.8, 4) is 16.3 Å². The molecule has 0 saturated heterocycles. The van der Waals surface area contributed by atoms with Gasteiger partial charge >= 0.3 is 0 Å². The van der Waals surface area contributed by atoms with Gasteiger partial charge in [0, 0.05) is 11.5 Å². The van der Waals surface area contributed by atoms with Crippen LogP contribution < -0.4 is 10.1 Å². The zero-order valence-corrected chi connectivity index (χ0v) is 13.2. The van der Waals surface area contributed by atoms with Crippen molar-refractivity contribution in [2.24, 2.45) is 5.92 Å². The lowest BCUT2D eigenvalue weighted by atomic mass is 10.1. The molecular formula is C14H15N5O2S. The summed E-state index contributed by atoms with van der Waals surface area (Å²) in [6, 6.07) is 5.56. The van der Waals surface area contributed by atoms with Gasteiger partial charge in [-0.25, -0.2) is 0 Å². The molecule has 0 radical (unpaired) electrons. The minimum absolute atomic E-state index is 0.0615. The second-order valence-corrected chi connectivity index (χ2v) is 5.98. The molecule has 0 atom stereocenters. The zero-order valence-electron chi connectivity index (χ0n) is 12.4. The fourth-order valence-electron chi connectivity index (χ4n) is 1.89. The molecule has 2 aromatic heterocycles. The molecule has 7 nitrogen and oxygen atoms in total. The summed E-state index contributed by atoms with van der Waals surface area (Å²) in [6.07, 6.45) is 1.56. The number of ether oxygens (including phenoxy) is 1. The summed E-state index contributed by atoms with van der Waals surface area (Å²) in [7, 11) is 1.57. The molecule has 8 heteroatoms. The summed E-state index contributed by atoms with van der Waals surface area (Å²) >= 11 is 1.43. The van der Waals surface area contributed by atoms with E-state index in [1.807, 2.05) is 32.0 Å². The summed E-state index contributed by atoms with van der Waals surface area (Å²) in [5.41, 5.74) is 1.51. The minimum Gasteiger partial charge on any atom is -0.495 e. The highest BCUT2D eigenvalue weighted by Gasteiger charge is 2.14. The average molecular weight is 317 g/mol. The third kappa shape index (κ3) is 2.64. The van der Waals surface area contributed by atoms with E-state index in [9.17, 15) is 4.79 Å². The van der Waals surface area contributed by atoms with Gasteiger partial charge in [0.05, 0.1) is 12.8 Å². The number of anilines is 1. The van der Waals surface area contributed by atoms with E-state index < -0.39 is 0 Å². The van der Waals surface area contributed by atoms with Gasteiger partial charge in [0.2, 0.25) is 10.9 Å². The number of methoxy groups -OCH3 is 1. The highest BCUT2D eigenvalue weighted by Crippen LogP contribution is 2.32. The van der Waals surface area contributed by atoms with Gasteiger partial charge < -0.3 is 10.1 Å². The SMILES string of the molecule is COc1ccc(-c2nn3cnnc3s2)cc1NC(=O)C(C)C. The van der Waals surface area contributed by atoms with Crippen LogP contribution in [0.2, 0.25) is 0 Å². The fourth-order valence-corrected chi connectivity index (χ4v) is 2.71. The van der Waals surface area contributed by atoms with Crippen molar-refractivity contribution in [1.82, 2.24) is 19.8 Å². The first-order chi connectivity index (χ1) is 10.6. The number of nitrogens with zero attached hydrogens (tertiary/aromatic N) is 4. The van der Waals surface area contributed by atoms with Crippen LogP contribution in [-0.2, 0) is 4.79 Å². The lowest BCUT2D eigenvalue weighted by Gasteiger charge is -2.12. The van der Waals surface area contributed by atoms with Crippen molar-refractivity contribution in [3.63, 3.8) is 0 Å². The largest absolute Gasteiger partial charge is 0.495 e. The van der Waals surface area contributed by atoms with Gasteiger partial charge in [-0.05, 0) is 18.2 Å². The smallest absolute Gasteiger partial charge is 0.234 e. The number of benzene rings is 1. The minimum atomic E-state index is -0.109. The molecule has 1 aromatic carbocycles. The van der Waals surface area contributed by atoms with E-state index in [0.29, 0.717) is 11.4 Å². The van der Waals surface area contributed by atoms with Gasteiger partial charge in [-0.1, -0.05) is 25.2 Å². The van der Waals surface area contributed by atoms with Crippen LogP contribution in [0.1, 0.15) is 13.8 Å². The molecule has 0 aliphatic rings. The Morgan fingerprint density at radius 2 is 2.23 bits per heavy atom. The molecule has 22 heavy (non-hydrogen) atoms. The van der Waals surface area contributed by atoms with Crippen LogP contribution in [0.15, 0.2) is 24.5 Å². The zero-order chi connectivity index (χ0) is 15.7. The van der Waals surface area contributed by atoms with Crippen molar-refractivity contribution < 1.29 is 9.53 Å². The Hall–Kier alpha value is -2.48. The van der Waals surface area contributed by atoms with Crippen molar-refractivity contribution in [3.05, 3.63) is 24.5 Å². The maximum atomic E-state index is 11.9. The molecule has 114 valence electrons. The number of amides is 1. The van der Waals surface area contributed by atoms with E-state index in [1.54, 1.807) is 18.0 Å². The monoisotopic (exact) mass is 317 g/mol. The normalized spacial score (nSPS) is 11.1. The van der Waals surface area contributed by atoms with Gasteiger partial charge in [-0.2, -0.15) is 9.61 Å². The molecule has 2 heterocycles. The summed E-state index contributed by atoms with van der Waals surface area (Å²) < 4.78 is 6.92. The highest BCUT2D eigenvalue weighted by molar-refractivity contribution is 7.19. The van der Waals surface area contributed by atoms with Gasteiger partial charge in [0.1, 0.15) is 17.1 Å². The van der Waals surface area contributed by atoms with E-state index in [2.05, 4.69) is 20.6 Å². The van der Waals surface area contributed by atoms with Gasteiger partial charge in [-0.15, -0.1) is 10.2 Å². The first-order valence-corrected chi connectivity index (χ1v) is 7.56. The van der Waals surface area contributed by atoms with Gasteiger partial charge in [0.25, 0.3) is 0 Å². The molecule has 0 saturated carbocycles. The van der Waals surface area contributed by atoms with E-state index in [0.717, 1.165) is 15.5 Å². The number of rotatable bonds is 4. The van der Waals surface area contributed by atoms with E-state index in [4.69, 9.17) is 4.74 Å². The highest BCUT2D eigenvalue weighted by atomic mass is 32.1. The fraction of sp³-hybridized carbons (Fsp3) is 0.286. The lowest BCUT2D eigenvalue weighted by Crippen LogP contribution is -2.18. The Bertz CT molecular complexity index is 795. The lowest BCUT2D eigenvalue weighted by molar-refractivity contribution is -0.118. The molecule has 0 bridgehead atoms. The second-order valence-electron chi connectivity index (χ2n) is 5.02. The van der Waals surface area contributed by atoms with Crippen LogP contribution in [0.4, 0.5) is 5.69 Å². The Kier molecular flexibility index (Phi) is 3.76. The molecule has 0 fully saturated rings. The van der Waals surface area contributed by atoms with Crippen LogP contribution in [0.5, 0.6) is 5.75 Å². The van der Waals surface area contributed by atoms with E-state index >= 15 is 0 Å². The number of carbonyl (C=O) groups excluding carboxylic acids is 1. The quantitative estimate of drug-likeness (QED) is 0.799. The first kappa shape index (κ1) is 14.5. The predicted molar refractivity (Wildman–Crippen MR) is 84.1 cm³/mol. The van der Waals surface area contributed by atoms with E-state index in [-0.39, 0.29) is 11.8 Å². The number of hydrogen-bond acceptors (Lipinski definition) is 6. The third-order valence-corrected chi connectivity index (χ3v) is 4.08. The summed E-state index contributed by atoms with van der Waals surface area (Å²) in [5, 5.41) is 15.8. The molecule has 0 aliphatic carbocycles. The number of aromatic nitrogens is 4. The Morgan fingerprint density at radius 1 is 1.41 bits per heavy atom. The molecule has 3 aromatic rings. The average Bonchev–Trinajstić information content (AvgIpc) is 3.08. The number of fused-ring (bicyclic) bond motifs is 1. The van der Waals surface area contributed by atoms with Crippen LogP contribution in [0, 0.1) is 5.92 Å². The third-order valence-electron chi connectivity index (χ3n) is 3.12. The molecule has 3 rings (SSSR count). The molecule has 0 unspecified atom stereocenters. The maximum Gasteiger partial charge on any atom is 0.234 e. The Labute approximate surface area is 130 Å². The molecule has 0 aliphatic heterocycles. The van der Waals surface area contributed by atoms with Crippen molar-refractivity contribution in [2.45, 2.75) is 13.8 Å². The van der Waals surface area contributed by atoms with Crippen molar-refractivity contribution >= 4 is 27.9 Å². The number of nitrogens with one attached hydrogen (secondary N) is 1. The summed E-state index contributed by atoms with van der Waals surface area (Å²) in [4.78, 5) is 12.6. The van der Waals surface area contributed by atoms with Gasteiger partial charge in [-0.3, -0.25) is 4.79 Å². The van der Waals surface area contributed by atoms with Crippen molar-refractivity contribution in [2.75, 3.05) is 12.4 Å². The number of hydrogen-bond donors (Lipinski definition) is 1. The summed E-state index contributed by atoms with van der Waals surface area (Å²) in [6.45, 7) is 3.68. The predicted octanol–water partition coefficient (Wildman–Crippen LogP) is 2.46.